The molecule has 3 rings (SSSR count). The summed E-state index contributed by atoms with van der Waals surface area (Å²) in [6.07, 6.45) is -3.40. The van der Waals surface area contributed by atoms with Crippen LogP contribution in [-0.2, 0) is 14.4 Å². The Morgan fingerprint density at radius 3 is 2.43 bits per heavy atom. The lowest BCUT2D eigenvalue weighted by molar-refractivity contribution is -0.274. The molecule has 35 heavy (non-hydrogen) atoms. The lowest BCUT2D eigenvalue weighted by Gasteiger charge is -2.25. The minimum Gasteiger partial charge on any atom is -0.481 e. The van der Waals surface area contributed by atoms with Gasteiger partial charge in [-0.05, 0) is 34.9 Å². The molecule has 0 saturated carbocycles. The number of aliphatic carboxylic acids is 1. The molecule has 2 atom stereocenters. The molecule has 0 fully saturated rings. The number of rotatable bonds is 7. The Balaban J connectivity index is 1.93. The maximum atomic E-state index is 12.9. The van der Waals surface area contributed by atoms with Crippen LogP contribution in [0.3, 0.4) is 0 Å². The summed E-state index contributed by atoms with van der Waals surface area (Å²) in [4.78, 5) is 49.3. The summed E-state index contributed by atoms with van der Waals surface area (Å²) in [6, 6.07) is 7.89. The second kappa shape index (κ2) is 10.3. The van der Waals surface area contributed by atoms with Gasteiger partial charge < -0.3 is 25.4 Å². The number of ketones is 1. The maximum absolute atomic E-state index is 12.9. The van der Waals surface area contributed by atoms with Crippen molar-refractivity contribution < 1.29 is 42.2 Å². The number of urea groups is 1. The maximum Gasteiger partial charge on any atom is 0.573 e. The quantitative estimate of drug-likeness (QED) is 0.512. The highest BCUT2D eigenvalue weighted by atomic mass is 19.4. The number of hydrogen-bond donors (Lipinski definition) is 3. The molecule has 1 aliphatic heterocycles. The van der Waals surface area contributed by atoms with Crippen LogP contribution in [0.2, 0.25) is 0 Å². The van der Waals surface area contributed by atoms with Gasteiger partial charge in [0.2, 0.25) is 0 Å². The van der Waals surface area contributed by atoms with Gasteiger partial charge in [-0.1, -0.05) is 30.3 Å². The van der Waals surface area contributed by atoms with E-state index in [9.17, 15) is 37.5 Å². The van der Waals surface area contributed by atoms with E-state index in [1.54, 1.807) is 30.3 Å². The van der Waals surface area contributed by atoms with Crippen molar-refractivity contribution in [2.45, 2.75) is 24.9 Å². The average Bonchev–Trinajstić information content (AvgIpc) is 2.78. The lowest BCUT2D eigenvalue weighted by atomic mass is 9.97. The summed E-state index contributed by atoms with van der Waals surface area (Å²) >= 11 is 0. The van der Waals surface area contributed by atoms with Gasteiger partial charge in [0, 0.05) is 19.3 Å². The smallest absolute Gasteiger partial charge is 0.481 e. The van der Waals surface area contributed by atoms with Crippen LogP contribution in [0, 0.1) is 0 Å². The molecule has 0 radical (unpaired) electrons. The average molecular weight is 491 g/mol. The van der Waals surface area contributed by atoms with Gasteiger partial charge in [-0.3, -0.25) is 14.4 Å². The Morgan fingerprint density at radius 1 is 1.11 bits per heavy atom. The van der Waals surface area contributed by atoms with Crippen LogP contribution in [0.25, 0.3) is 11.1 Å². The minimum atomic E-state index is -5.01. The van der Waals surface area contributed by atoms with E-state index in [4.69, 9.17) is 0 Å². The molecule has 0 aliphatic carbocycles. The van der Waals surface area contributed by atoms with Crippen molar-refractivity contribution in [2.24, 2.45) is 0 Å². The first-order chi connectivity index (χ1) is 16.4. The molecule has 184 valence electrons. The van der Waals surface area contributed by atoms with Crippen molar-refractivity contribution in [3.05, 3.63) is 66.4 Å². The molecule has 2 aromatic carbocycles. The first-order valence-electron chi connectivity index (χ1n) is 10.2. The zero-order valence-corrected chi connectivity index (χ0v) is 18.2. The van der Waals surface area contributed by atoms with Crippen molar-refractivity contribution in [3.8, 4) is 16.9 Å². The first-order valence-corrected chi connectivity index (χ1v) is 10.2. The molecular formula is C23H20F3N3O6. The van der Waals surface area contributed by atoms with E-state index in [2.05, 4.69) is 15.4 Å². The van der Waals surface area contributed by atoms with E-state index in [0.717, 1.165) is 23.1 Å². The van der Waals surface area contributed by atoms with Crippen molar-refractivity contribution in [3.63, 3.8) is 0 Å². The van der Waals surface area contributed by atoms with Crippen LogP contribution in [0.1, 0.15) is 18.0 Å². The monoisotopic (exact) mass is 491 g/mol. The number of likely N-dealkylation sites (N-methyl/N-ethyl adjacent to an activating group) is 1. The molecule has 0 spiro atoms. The number of carbonyl (C=O) groups excluding carboxylic acids is 3. The van der Waals surface area contributed by atoms with Crippen LogP contribution < -0.4 is 15.4 Å². The number of carboxylic acids is 1. The molecule has 2 aromatic rings. The molecule has 9 nitrogen and oxygen atoms in total. The van der Waals surface area contributed by atoms with Gasteiger partial charge in [-0.25, -0.2) is 4.79 Å². The van der Waals surface area contributed by atoms with Gasteiger partial charge >= 0.3 is 18.4 Å². The standard InChI is InChI=1S/C23H20F3N3O6/c1-29-8-7-18(30)20(21(29)33)28-22(34)27-17(12-19(31)32)15-9-14(13-5-3-2-4-6-13)10-16(11-15)35-23(24,25)26/h2-11,17,20H,12H2,1H3,(H,31,32)(H2,27,28,34). The molecule has 0 saturated heterocycles. The summed E-state index contributed by atoms with van der Waals surface area (Å²) in [7, 11) is 1.38. The van der Waals surface area contributed by atoms with E-state index in [-0.39, 0.29) is 11.1 Å². The number of alkyl halides is 3. The molecule has 1 heterocycles. The van der Waals surface area contributed by atoms with Crippen molar-refractivity contribution in [1.82, 2.24) is 15.5 Å². The van der Waals surface area contributed by atoms with Crippen LogP contribution in [0.15, 0.2) is 60.8 Å². The number of hydrogen-bond acceptors (Lipinski definition) is 5. The van der Waals surface area contributed by atoms with Crippen molar-refractivity contribution >= 4 is 23.7 Å². The zero-order valence-electron chi connectivity index (χ0n) is 18.2. The van der Waals surface area contributed by atoms with E-state index < -0.39 is 54.3 Å². The second-order valence-electron chi connectivity index (χ2n) is 7.57. The summed E-state index contributed by atoms with van der Waals surface area (Å²) in [5, 5.41) is 13.8. The predicted octanol–water partition coefficient (Wildman–Crippen LogP) is 2.99. The van der Waals surface area contributed by atoms with E-state index in [1.165, 1.54) is 19.3 Å². The summed E-state index contributed by atoms with van der Waals surface area (Å²) in [5.41, 5.74) is 0.805. The van der Waals surface area contributed by atoms with Gasteiger partial charge in [0.1, 0.15) is 5.75 Å². The third kappa shape index (κ3) is 6.82. The van der Waals surface area contributed by atoms with E-state index in [1.807, 2.05) is 0 Å². The van der Waals surface area contributed by atoms with Crippen molar-refractivity contribution in [2.75, 3.05) is 7.05 Å². The van der Waals surface area contributed by atoms with Crippen molar-refractivity contribution in [1.29, 1.82) is 0 Å². The summed E-state index contributed by atoms with van der Waals surface area (Å²) < 4.78 is 42.8. The third-order valence-corrected chi connectivity index (χ3v) is 4.97. The highest BCUT2D eigenvalue weighted by Gasteiger charge is 2.34. The number of nitrogens with zero attached hydrogens (tertiary/aromatic N) is 1. The lowest BCUT2D eigenvalue weighted by Crippen LogP contribution is -2.55. The molecule has 12 heteroatoms. The molecule has 0 bridgehead atoms. The highest BCUT2D eigenvalue weighted by molar-refractivity contribution is 6.14. The SMILES string of the molecule is CN1C=CC(=O)C(NC(=O)NC(CC(=O)O)c2cc(OC(F)(F)F)cc(-c3ccccc3)c2)C1=O. The van der Waals surface area contributed by atoms with Crippen LogP contribution >= 0.6 is 0 Å². The number of amides is 3. The molecule has 0 aromatic heterocycles. The topological polar surface area (TPSA) is 125 Å². The second-order valence-corrected chi connectivity index (χ2v) is 7.57. The van der Waals surface area contributed by atoms with E-state index >= 15 is 0 Å². The molecule has 2 unspecified atom stereocenters. The number of carboxylic acid groups (broad SMARTS) is 1. The number of ether oxygens (including phenoxy) is 1. The molecule has 3 N–H and O–H groups in total. The van der Waals surface area contributed by atoms with Gasteiger partial charge in [0.05, 0.1) is 12.5 Å². The minimum absolute atomic E-state index is 0.00136. The molecule has 1 aliphatic rings. The first kappa shape index (κ1) is 25.3. The molecular weight excluding hydrogens is 471 g/mol. The summed E-state index contributed by atoms with van der Waals surface area (Å²) in [5.74, 6) is -3.37. The number of carbonyl (C=O) groups is 4. The Kier molecular flexibility index (Phi) is 7.43. The van der Waals surface area contributed by atoms with Crippen LogP contribution in [-0.4, -0.2) is 53.1 Å². The van der Waals surface area contributed by atoms with Crippen LogP contribution in [0.5, 0.6) is 5.75 Å². The van der Waals surface area contributed by atoms with Crippen LogP contribution in [0.4, 0.5) is 18.0 Å². The van der Waals surface area contributed by atoms with E-state index in [0.29, 0.717) is 5.56 Å². The molecule has 3 amide bonds. The van der Waals surface area contributed by atoms with Gasteiger partial charge in [0.15, 0.2) is 11.8 Å². The largest absolute Gasteiger partial charge is 0.573 e. The Morgan fingerprint density at radius 2 is 1.80 bits per heavy atom. The fraction of sp³-hybridized carbons (Fsp3) is 0.217. The summed E-state index contributed by atoms with van der Waals surface area (Å²) in [6.45, 7) is 0. The third-order valence-electron chi connectivity index (χ3n) is 4.97. The van der Waals surface area contributed by atoms with Gasteiger partial charge in [-0.2, -0.15) is 0 Å². The normalized spacial score (nSPS) is 16.6. The Hall–Kier alpha value is -4.35. The number of benzene rings is 2. The number of nitrogens with one attached hydrogen (secondary N) is 2. The fourth-order valence-electron chi connectivity index (χ4n) is 3.38. The van der Waals surface area contributed by atoms with Gasteiger partial charge in [-0.15, -0.1) is 13.2 Å². The Labute approximate surface area is 197 Å². The van der Waals surface area contributed by atoms with Gasteiger partial charge in [0.25, 0.3) is 5.91 Å². The predicted molar refractivity (Wildman–Crippen MR) is 116 cm³/mol. The Bertz CT molecular complexity index is 1170. The highest BCUT2D eigenvalue weighted by Crippen LogP contribution is 2.33. The fourth-order valence-corrected chi connectivity index (χ4v) is 3.38. The number of halogens is 3. The zero-order chi connectivity index (χ0) is 25.8.